The summed E-state index contributed by atoms with van der Waals surface area (Å²) in [5.41, 5.74) is -0.538. The first-order valence-corrected chi connectivity index (χ1v) is 9.06. The van der Waals surface area contributed by atoms with Gasteiger partial charge in [0.05, 0.1) is 13.2 Å². The van der Waals surface area contributed by atoms with Crippen LogP contribution in [0.5, 0.6) is 0 Å². The molecule has 9 heteroatoms. The molecule has 0 spiro atoms. The lowest BCUT2D eigenvalue weighted by atomic mass is 10.1. The molecule has 9 nitrogen and oxygen atoms in total. The molecule has 0 aromatic heterocycles. The van der Waals surface area contributed by atoms with Crippen LogP contribution in [-0.2, 0) is 14.3 Å². The maximum atomic E-state index is 12.8. The van der Waals surface area contributed by atoms with Gasteiger partial charge in [-0.05, 0) is 27.2 Å². The molecule has 3 aliphatic rings. The van der Waals surface area contributed by atoms with Crippen molar-refractivity contribution in [1.29, 1.82) is 0 Å². The van der Waals surface area contributed by atoms with Crippen LogP contribution in [0.4, 0.5) is 9.59 Å². The quantitative estimate of drug-likeness (QED) is 0.703. The zero-order valence-electron chi connectivity index (χ0n) is 15.9. The maximum Gasteiger partial charge on any atom is 0.410 e. The molecule has 0 bridgehead atoms. The molecular weight excluding hydrogens is 340 g/mol. The lowest BCUT2D eigenvalue weighted by molar-refractivity contribution is -0.142. The van der Waals surface area contributed by atoms with Gasteiger partial charge in [-0.15, -0.1) is 0 Å². The number of piperazine rings is 1. The first-order chi connectivity index (χ1) is 12.2. The molecule has 26 heavy (non-hydrogen) atoms. The normalized spacial score (nSPS) is 29.0. The number of nitrogens with zero attached hydrogens (tertiary/aromatic N) is 3. The lowest BCUT2D eigenvalue weighted by Crippen LogP contribution is -2.54. The van der Waals surface area contributed by atoms with Gasteiger partial charge in [0.15, 0.2) is 0 Å². The SMILES string of the molecule is COC(=O)[C@H]1C[C@@H](N2CC3CN(C(=O)OC(C)(C)C)CCN3C2=O)CN1. The highest BCUT2D eigenvalue weighted by atomic mass is 16.6. The third-order valence-electron chi connectivity index (χ3n) is 5.07. The van der Waals surface area contributed by atoms with E-state index in [0.717, 1.165) is 0 Å². The minimum absolute atomic E-state index is 0.0174. The van der Waals surface area contributed by atoms with Crippen LogP contribution < -0.4 is 5.32 Å². The van der Waals surface area contributed by atoms with E-state index in [0.29, 0.717) is 39.1 Å². The number of hydrogen-bond donors (Lipinski definition) is 1. The highest BCUT2D eigenvalue weighted by molar-refractivity contribution is 5.80. The van der Waals surface area contributed by atoms with Crippen LogP contribution in [0, 0.1) is 0 Å². The van der Waals surface area contributed by atoms with E-state index in [4.69, 9.17) is 9.47 Å². The number of amides is 3. The third-order valence-corrected chi connectivity index (χ3v) is 5.07. The largest absolute Gasteiger partial charge is 0.468 e. The van der Waals surface area contributed by atoms with Crippen molar-refractivity contribution in [3.8, 4) is 0 Å². The van der Waals surface area contributed by atoms with Crippen molar-refractivity contribution in [2.45, 2.75) is 50.9 Å². The average molecular weight is 368 g/mol. The number of hydrogen-bond acceptors (Lipinski definition) is 6. The van der Waals surface area contributed by atoms with Gasteiger partial charge in [-0.2, -0.15) is 0 Å². The summed E-state index contributed by atoms with van der Waals surface area (Å²) in [6.45, 7) is 8.09. The van der Waals surface area contributed by atoms with Gasteiger partial charge in [-0.25, -0.2) is 9.59 Å². The number of carbonyl (C=O) groups excluding carboxylic acids is 3. The Hall–Kier alpha value is -2.03. The number of carbonyl (C=O) groups is 3. The fourth-order valence-corrected chi connectivity index (χ4v) is 3.81. The molecular formula is C17H28N4O5. The van der Waals surface area contributed by atoms with Crippen LogP contribution in [0.2, 0.25) is 0 Å². The van der Waals surface area contributed by atoms with Gasteiger partial charge in [0.25, 0.3) is 0 Å². The summed E-state index contributed by atoms with van der Waals surface area (Å²) in [5.74, 6) is -0.298. The average Bonchev–Trinajstić information content (AvgIpc) is 3.17. The van der Waals surface area contributed by atoms with Crippen molar-refractivity contribution in [1.82, 2.24) is 20.0 Å². The van der Waals surface area contributed by atoms with Gasteiger partial charge in [-0.1, -0.05) is 0 Å². The van der Waals surface area contributed by atoms with Gasteiger partial charge in [0, 0.05) is 38.8 Å². The van der Waals surface area contributed by atoms with Crippen LogP contribution in [-0.4, -0.2) is 96.4 Å². The Morgan fingerprint density at radius 2 is 1.85 bits per heavy atom. The molecule has 3 fully saturated rings. The van der Waals surface area contributed by atoms with Crippen molar-refractivity contribution in [3.05, 3.63) is 0 Å². The molecule has 3 rings (SSSR count). The van der Waals surface area contributed by atoms with E-state index in [9.17, 15) is 14.4 Å². The van der Waals surface area contributed by atoms with Gasteiger partial charge >= 0.3 is 18.1 Å². The van der Waals surface area contributed by atoms with Crippen molar-refractivity contribution >= 4 is 18.1 Å². The minimum atomic E-state index is -0.538. The van der Waals surface area contributed by atoms with Crippen LogP contribution in [0.1, 0.15) is 27.2 Å². The molecule has 0 saturated carbocycles. The van der Waals surface area contributed by atoms with Gasteiger partial charge in [-0.3, -0.25) is 4.79 Å². The second-order valence-corrected chi connectivity index (χ2v) is 8.08. The first kappa shape index (κ1) is 18.8. The molecule has 146 valence electrons. The van der Waals surface area contributed by atoms with E-state index in [2.05, 4.69) is 5.32 Å². The van der Waals surface area contributed by atoms with E-state index < -0.39 is 5.60 Å². The van der Waals surface area contributed by atoms with E-state index in [1.807, 2.05) is 30.6 Å². The second-order valence-electron chi connectivity index (χ2n) is 8.08. The lowest BCUT2D eigenvalue weighted by Gasteiger charge is -2.37. The summed E-state index contributed by atoms with van der Waals surface area (Å²) < 4.78 is 10.2. The minimum Gasteiger partial charge on any atom is -0.468 e. The zero-order valence-corrected chi connectivity index (χ0v) is 15.9. The number of urea groups is 1. The maximum absolute atomic E-state index is 12.8. The second kappa shape index (κ2) is 6.94. The van der Waals surface area contributed by atoms with Crippen LogP contribution in [0.3, 0.4) is 0 Å². The number of esters is 1. The number of rotatable bonds is 2. The summed E-state index contributed by atoms with van der Waals surface area (Å²) in [5, 5.41) is 3.12. The van der Waals surface area contributed by atoms with E-state index in [-0.39, 0.29) is 36.2 Å². The topological polar surface area (TPSA) is 91.4 Å². The number of ether oxygens (including phenoxy) is 2. The highest BCUT2D eigenvalue weighted by Crippen LogP contribution is 2.26. The van der Waals surface area contributed by atoms with Crippen LogP contribution >= 0.6 is 0 Å². The Labute approximate surface area is 153 Å². The van der Waals surface area contributed by atoms with E-state index in [1.54, 1.807) is 4.90 Å². The smallest absolute Gasteiger partial charge is 0.410 e. The van der Waals surface area contributed by atoms with Crippen molar-refractivity contribution < 1.29 is 23.9 Å². The Balaban J connectivity index is 1.60. The predicted octanol–water partition coefficient (Wildman–Crippen LogP) is 0.247. The predicted molar refractivity (Wildman–Crippen MR) is 92.6 cm³/mol. The molecule has 1 N–H and O–H groups in total. The fourth-order valence-electron chi connectivity index (χ4n) is 3.81. The van der Waals surface area contributed by atoms with E-state index in [1.165, 1.54) is 7.11 Å². The number of fused-ring (bicyclic) bond motifs is 1. The number of methoxy groups -OCH3 is 1. The van der Waals surface area contributed by atoms with Crippen molar-refractivity contribution in [2.24, 2.45) is 0 Å². The Morgan fingerprint density at radius 3 is 2.50 bits per heavy atom. The molecule has 3 aliphatic heterocycles. The molecule has 0 aromatic carbocycles. The summed E-state index contributed by atoms with van der Waals surface area (Å²) in [7, 11) is 1.36. The number of nitrogens with one attached hydrogen (secondary N) is 1. The Morgan fingerprint density at radius 1 is 1.12 bits per heavy atom. The monoisotopic (exact) mass is 368 g/mol. The molecule has 3 heterocycles. The molecule has 3 amide bonds. The molecule has 1 unspecified atom stereocenters. The summed E-state index contributed by atoms with van der Waals surface area (Å²) >= 11 is 0. The first-order valence-electron chi connectivity index (χ1n) is 9.06. The van der Waals surface area contributed by atoms with Crippen molar-refractivity contribution in [2.75, 3.05) is 39.8 Å². The molecule has 0 radical (unpaired) electrons. The van der Waals surface area contributed by atoms with Gasteiger partial charge < -0.3 is 29.5 Å². The van der Waals surface area contributed by atoms with Gasteiger partial charge in [0.1, 0.15) is 11.6 Å². The Kier molecular flexibility index (Phi) is 5.01. The summed E-state index contributed by atoms with van der Waals surface area (Å²) in [4.78, 5) is 42.0. The standard InChI is InChI=1S/C17H28N4O5/c1-17(2,3)26-16(24)19-5-6-20-12(9-19)10-21(15(20)23)11-7-13(18-8-11)14(22)25-4/h11-13,18H,5-10H2,1-4H3/t11-,12?,13-/m1/s1. The van der Waals surface area contributed by atoms with Crippen molar-refractivity contribution in [3.63, 3.8) is 0 Å². The molecule has 3 saturated heterocycles. The summed E-state index contributed by atoms with van der Waals surface area (Å²) in [6.07, 6.45) is 0.214. The third kappa shape index (κ3) is 3.72. The highest BCUT2D eigenvalue weighted by Gasteiger charge is 2.46. The molecule has 0 aliphatic carbocycles. The molecule has 3 atom stereocenters. The fraction of sp³-hybridized carbons (Fsp3) is 0.824. The van der Waals surface area contributed by atoms with Gasteiger partial charge in [0.2, 0.25) is 0 Å². The van der Waals surface area contributed by atoms with Crippen LogP contribution in [0.15, 0.2) is 0 Å². The van der Waals surface area contributed by atoms with Crippen LogP contribution in [0.25, 0.3) is 0 Å². The Bertz CT molecular complexity index is 590. The molecule has 0 aromatic rings. The zero-order chi connectivity index (χ0) is 19.1. The summed E-state index contributed by atoms with van der Waals surface area (Å²) in [6, 6.07) is -0.460. The van der Waals surface area contributed by atoms with E-state index >= 15 is 0 Å².